The van der Waals surface area contributed by atoms with E-state index in [1.807, 2.05) is 32.0 Å². The number of aryl methyl sites for hydroxylation is 2. The van der Waals surface area contributed by atoms with Crippen molar-refractivity contribution in [2.75, 3.05) is 5.32 Å². The van der Waals surface area contributed by atoms with Crippen molar-refractivity contribution in [1.82, 2.24) is 0 Å². The zero-order chi connectivity index (χ0) is 16.1. The highest BCUT2D eigenvalue weighted by atomic mass is 16.4. The van der Waals surface area contributed by atoms with Crippen molar-refractivity contribution in [3.8, 4) is 0 Å². The third-order valence-corrected chi connectivity index (χ3v) is 3.49. The Balaban J connectivity index is 2.15. The molecule has 114 valence electrons. The van der Waals surface area contributed by atoms with E-state index in [-0.39, 0.29) is 12.2 Å². The molecular weight excluding hydrogens is 278 g/mol. The molecule has 2 rings (SSSR count). The molecule has 4 nitrogen and oxygen atoms in total. The van der Waals surface area contributed by atoms with Gasteiger partial charge in [-0.05, 0) is 31.0 Å². The van der Waals surface area contributed by atoms with Gasteiger partial charge in [0.25, 0.3) is 0 Å². The van der Waals surface area contributed by atoms with Gasteiger partial charge in [-0.3, -0.25) is 4.79 Å². The number of aliphatic carboxylic acids is 1. The molecule has 0 spiro atoms. The first-order valence-electron chi connectivity index (χ1n) is 7.10. The van der Waals surface area contributed by atoms with E-state index in [4.69, 9.17) is 0 Å². The first kappa shape index (κ1) is 15.8. The lowest BCUT2D eigenvalue weighted by Crippen LogP contribution is -2.42. The van der Waals surface area contributed by atoms with Crippen molar-refractivity contribution < 1.29 is 14.7 Å². The summed E-state index contributed by atoms with van der Waals surface area (Å²) in [6, 6.07) is 13.3. The Morgan fingerprint density at radius 3 is 2.41 bits per heavy atom. The molecule has 0 heterocycles. The smallest absolute Gasteiger partial charge is 0.165 e. The molecule has 0 saturated heterocycles. The molecule has 2 aromatic rings. The number of nitrogens with one attached hydrogen (secondary N) is 1. The summed E-state index contributed by atoms with van der Waals surface area (Å²) in [5.41, 5.74) is 3.13. The van der Waals surface area contributed by atoms with E-state index < -0.39 is 12.0 Å². The van der Waals surface area contributed by atoms with Crippen LogP contribution in [0.1, 0.15) is 27.9 Å². The molecule has 4 heteroatoms. The summed E-state index contributed by atoms with van der Waals surface area (Å²) in [6.07, 6.45) is -0.153. The van der Waals surface area contributed by atoms with Crippen molar-refractivity contribution >= 4 is 17.4 Å². The van der Waals surface area contributed by atoms with Gasteiger partial charge < -0.3 is 15.2 Å². The minimum absolute atomic E-state index is 0.153. The zero-order valence-electron chi connectivity index (χ0n) is 12.6. The number of carboxylic acid groups (broad SMARTS) is 1. The largest absolute Gasteiger partial charge is 0.548 e. The molecular formula is C18H18NO3-. The summed E-state index contributed by atoms with van der Waals surface area (Å²) >= 11 is 0. The molecule has 1 atom stereocenters. The molecule has 22 heavy (non-hydrogen) atoms. The SMILES string of the molecule is Cc1ccc(C)c(N[C@@H](CC(=O)c2ccccc2)C(=O)[O-])c1. The summed E-state index contributed by atoms with van der Waals surface area (Å²) in [5.74, 6) is -1.52. The van der Waals surface area contributed by atoms with Gasteiger partial charge in [-0.1, -0.05) is 42.5 Å². The molecule has 0 unspecified atom stereocenters. The Bertz CT molecular complexity index is 680. The Kier molecular flexibility index (Phi) is 4.94. The standard InChI is InChI=1S/C18H19NO3/c1-12-8-9-13(2)15(10-12)19-16(18(21)22)11-17(20)14-6-4-3-5-7-14/h3-10,16,19H,11H2,1-2H3,(H,21,22)/p-1/t16-/m0/s1. The number of hydrogen-bond acceptors (Lipinski definition) is 4. The van der Waals surface area contributed by atoms with Gasteiger partial charge >= 0.3 is 0 Å². The van der Waals surface area contributed by atoms with Gasteiger partial charge in [0.15, 0.2) is 5.78 Å². The third kappa shape index (κ3) is 3.95. The fourth-order valence-electron chi connectivity index (χ4n) is 2.20. The van der Waals surface area contributed by atoms with Crippen LogP contribution in [0.3, 0.4) is 0 Å². The second kappa shape index (κ2) is 6.89. The summed E-state index contributed by atoms with van der Waals surface area (Å²) in [7, 11) is 0. The van der Waals surface area contributed by atoms with Crippen LogP contribution >= 0.6 is 0 Å². The van der Waals surface area contributed by atoms with Crippen LogP contribution in [-0.4, -0.2) is 17.8 Å². The molecule has 0 bridgehead atoms. The minimum atomic E-state index is -1.29. The normalized spacial score (nSPS) is 11.7. The summed E-state index contributed by atoms with van der Waals surface area (Å²) in [4.78, 5) is 23.5. The number of benzene rings is 2. The van der Waals surface area contributed by atoms with E-state index in [0.29, 0.717) is 11.3 Å². The fourth-order valence-corrected chi connectivity index (χ4v) is 2.20. The van der Waals surface area contributed by atoms with Gasteiger partial charge in [0.2, 0.25) is 0 Å². The number of carboxylic acids is 1. The maximum absolute atomic E-state index is 12.2. The number of Topliss-reactive ketones (excluding diaryl/α,β-unsaturated/α-hetero) is 1. The van der Waals surface area contributed by atoms with E-state index in [1.54, 1.807) is 30.3 Å². The van der Waals surface area contributed by atoms with Crippen LogP contribution < -0.4 is 10.4 Å². The molecule has 1 N–H and O–H groups in total. The molecule has 0 amide bonds. The van der Waals surface area contributed by atoms with Crippen molar-refractivity contribution in [3.05, 3.63) is 65.2 Å². The Labute approximate surface area is 129 Å². The quantitative estimate of drug-likeness (QED) is 0.829. The van der Waals surface area contributed by atoms with Gasteiger partial charge in [-0.2, -0.15) is 0 Å². The second-order valence-electron chi connectivity index (χ2n) is 5.33. The number of carbonyl (C=O) groups is 2. The van der Waals surface area contributed by atoms with Crippen LogP contribution in [0.25, 0.3) is 0 Å². The summed E-state index contributed by atoms with van der Waals surface area (Å²) in [5, 5.41) is 14.2. The van der Waals surface area contributed by atoms with E-state index in [0.717, 1.165) is 11.1 Å². The van der Waals surface area contributed by atoms with Gasteiger partial charge in [-0.15, -0.1) is 0 Å². The van der Waals surface area contributed by atoms with Crippen LogP contribution in [0.2, 0.25) is 0 Å². The average molecular weight is 296 g/mol. The fraction of sp³-hybridized carbons (Fsp3) is 0.222. The highest BCUT2D eigenvalue weighted by Crippen LogP contribution is 2.18. The van der Waals surface area contributed by atoms with Crippen molar-refractivity contribution in [1.29, 1.82) is 0 Å². The van der Waals surface area contributed by atoms with Gasteiger partial charge in [0, 0.05) is 17.7 Å². The second-order valence-corrected chi connectivity index (χ2v) is 5.33. The van der Waals surface area contributed by atoms with Crippen molar-refractivity contribution in [2.24, 2.45) is 0 Å². The van der Waals surface area contributed by atoms with E-state index >= 15 is 0 Å². The van der Waals surface area contributed by atoms with Gasteiger partial charge in [0.05, 0.1) is 12.0 Å². The lowest BCUT2D eigenvalue weighted by Gasteiger charge is -2.22. The Hall–Kier alpha value is -2.62. The number of anilines is 1. The number of carbonyl (C=O) groups excluding carboxylic acids is 2. The summed E-state index contributed by atoms with van der Waals surface area (Å²) < 4.78 is 0. The van der Waals surface area contributed by atoms with E-state index in [2.05, 4.69) is 5.32 Å². The molecule has 0 radical (unpaired) electrons. The lowest BCUT2D eigenvalue weighted by molar-refractivity contribution is -0.306. The minimum Gasteiger partial charge on any atom is -0.548 e. The zero-order valence-corrected chi connectivity index (χ0v) is 12.6. The van der Waals surface area contributed by atoms with E-state index in [9.17, 15) is 14.7 Å². The molecule has 2 aromatic carbocycles. The summed E-state index contributed by atoms with van der Waals surface area (Å²) in [6.45, 7) is 3.81. The molecule has 0 aliphatic carbocycles. The molecule has 0 saturated carbocycles. The first-order chi connectivity index (χ1) is 10.5. The first-order valence-corrected chi connectivity index (χ1v) is 7.10. The third-order valence-electron chi connectivity index (χ3n) is 3.49. The maximum atomic E-state index is 12.2. The number of ketones is 1. The predicted octanol–water partition coefficient (Wildman–Crippen LogP) is 2.11. The molecule has 0 fully saturated rings. The monoisotopic (exact) mass is 296 g/mol. The average Bonchev–Trinajstić information content (AvgIpc) is 2.50. The van der Waals surface area contributed by atoms with Crippen LogP contribution in [-0.2, 0) is 4.79 Å². The van der Waals surface area contributed by atoms with Gasteiger partial charge in [-0.25, -0.2) is 0 Å². The van der Waals surface area contributed by atoms with Crippen LogP contribution in [0.5, 0.6) is 0 Å². The van der Waals surface area contributed by atoms with E-state index in [1.165, 1.54) is 0 Å². The van der Waals surface area contributed by atoms with Crippen molar-refractivity contribution in [2.45, 2.75) is 26.3 Å². The number of rotatable bonds is 6. The van der Waals surface area contributed by atoms with Crippen molar-refractivity contribution in [3.63, 3.8) is 0 Å². The number of hydrogen-bond donors (Lipinski definition) is 1. The lowest BCUT2D eigenvalue weighted by atomic mass is 10.0. The Morgan fingerprint density at radius 1 is 1.09 bits per heavy atom. The maximum Gasteiger partial charge on any atom is 0.165 e. The topological polar surface area (TPSA) is 69.2 Å². The van der Waals surface area contributed by atoms with Crippen LogP contribution in [0.4, 0.5) is 5.69 Å². The molecule has 0 aliphatic rings. The highest BCUT2D eigenvalue weighted by Gasteiger charge is 2.17. The van der Waals surface area contributed by atoms with Crippen LogP contribution in [0, 0.1) is 13.8 Å². The van der Waals surface area contributed by atoms with Crippen LogP contribution in [0.15, 0.2) is 48.5 Å². The highest BCUT2D eigenvalue weighted by molar-refractivity contribution is 5.99. The predicted molar refractivity (Wildman–Crippen MR) is 83.7 cm³/mol. The Morgan fingerprint density at radius 2 is 1.77 bits per heavy atom. The van der Waals surface area contributed by atoms with Gasteiger partial charge in [0.1, 0.15) is 0 Å². The molecule has 0 aromatic heterocycles. The molecule has 0 aliphatic heterocycles.